The highest BCUT2D eigenvalue weighted by Crippen LogP contribution is 2.52. The van der Waals surface area contributed by atoms with Crippen LogP contribution in [-0.4, -0.2) is 114 Å². The summed E-state index contributed by atoms with van der Waals surface area (Å²) >= 11 is 0. The molecule has 2 aromatic heterocycles. The van der Waals surface area contributed by atoms with E-state index in [0.29, 0.717) is 28.2 Å². The minimum absolute atomic E-state index is 0.0173. The van der Waals surface area contributed by atoms with Crippen molar-refractivity contribution in [1.29, 1.82) is 5.26 Å². The van der Waals surface area contributed by atoms with E-state index in [1.165, 1.54) is 32.0 Å². The molecule has 378 valence electrons. The second kappa shape index (κ2) is 23.6. The van der Waals surface area contributed by atoms with Crippen molar-refractivity contribution in [3.05, 3.63) is 108 Å². The van der Waals surface area contributed by atoms with Gasteiger partial charge in [0.15, 0.2) is 29.1 Å². The van der Waals surface area contributed by atoms with Crippen molar-refractivity contribution >= 4 is 31.4 Å². The van der Waals surface area contributed by atoms with Gasteiger partial charge < -0.3 is 42.8 Å². The van der Waals surface area contributed by atoms with Crippen LogP contribution in [-0.2, 0) is 38.4 Å². The summed E-state index contributed by atoms with van der Waals surface area (Å²) < 4.78 is 135. The van der Waals surface area contributed by atoms with E-state index < -0.39 is 76.2 Å². The van der Waals surface area contributed by atoms with Crippen LogP contribution < -0.4 is 14.8 Å². The lowest BCUT2D eigenvalue weighted by atomic mass is 9.80. The molecule has 1 aliphatic rings. The number of hydrogen-bond donors (Lipinski definition) is 1. The molecule has 1 aliphatic heterocycles. The molecule has 0 saturated carbocycles. The Bertz CT molecular complexity index is 2430. The van der Waals surface area contributed by atoms with Crippen LogP contribution in [0.15, 0.2) is 91.5 Å². The third kappa shape index (κ3) is 12.5. The monoisotopic (exact) mass is 1010 g/mol. The smallest absolute Gasteiger partial charge is 0.402 e. The number of rotatable bonds is 23. The topological polar surface area (TPSA) is 174 Å². The molecule has 23 heteroatoms. The Kier molecular flexibility index (Phi) is 18.2. The number of hydrogen-bond acceptors (Lipinski definition) is 14. The first-order valence-electron chi connectivity index (χ1n) is 22.0. The minimum atomic E-state index is -5.68. The number of fused-ring (bicyclic) bond motifs is 1. The summed E-state index contributed by atoms with van der Waals surface area (Å²) in [5.41, 5.74) is 0.768. The average Bonchev–Trinajstić information content (AvgIpc) is 3.90. The molecule has 3 heterocycles. The molecule has 0 bridgehead atoms. The fourth-order valence-electron chi connectivity index (χ4n) is 8.01. The van der Waals surface area contributed by atoms with Gasteiger partial charge in [0.25, 0.3) is 8.53 Å². The number of alkyl halides is 6. The van der Waals surface area contributed by atoms with Crippen LogP contribution in [0.5, 0.6) is 11.5 Å². The zero-order valence-corrected chi connectivity index (χ0v) is 40.2. The number of aromatic nitrogens is 4. The predicted octanol–water partition coefficient (Wildman–Crippen LogP) is 9.47. The van der Waals surface area contributed by atoms with Gasteiger partial charge in [0.1, 0.15) is 48.5 Å². The molecule has 5 aromatic rings. The van der Waals surface area contributed by atoms with Gasteiger partial charge in [0.05, 0.1) is 52.9 Å². The maximum Gasteiger partial charge on any atom is 0.402 e. The van der Waals surface area contributed by atoms with Gasteiger partial charge in [-0.3, -0.25) is 9.36 Å². The van der Waals surface area contributed by atoms with Gasteiger partial charge in [0.2, 0.25) is 5.91 Å². The van der Waals surface area contributed by atoms with Crippen molar-refractivity contribution in [2.45, 2.75) is 95.6 Å². The van der Waals surface area contributed by atoms with Crippen LogP contribution in [0, 0.1) is 17.2 Å². The van der Waals surface area contributed by atoms with Gasteiger partial charge in [-0.05, 0) is 68.7 Å². The zero-order chi connectivity index (χ0) is 50.8. The molecule has 0 radical (unpaired) electrons. The first kappa shape index (κ1) is 53.8. The predicted molar refractivity (Wildman–Crippen MR) is 243 cm³/mol. The Morgan fingerprint density at radius 3 is 1.97 bits per heavy atom. The third-order valence-corrected chi connectivity index (χ3v) is 13.3. The summed E-state index contributed by atoms with van der Waals surface area (Å²) in [7, 11) is 0.933. The highest BCUT2D eigenvalue weighted by molar-refractivity contribution is 7.44. The summed E-state index contributed by atoms with van der Waals surface area (Å²) in [6, 6.07) is 25.4. The molecule has 1 N–H and O–H groups in total. The molecule has 5 atom stereocenters. The molecule has 3 unspecified atom stereocenters. The summed E-state index contributed by atoms with van der Waals surface area (Å²) in [5, 5.41) is 12.1. The number of ether oxygens (including phenoxy) is 6. The van der Waals surface area contributed by atoms with E-state index in [0.717, 1.165) is 6.33 Å². The van der Waals surface area contributed by atoms with Crippen LogP contribution in [0.2, 0.25) is 0 Å². The average molecular weight is 1010 g/mol. The van der Waals surface area contributed by atoms with Crippen molar-refractivity contribution in [1.82, 2.24) is 24.2 Å². The largest absolute Gasteiger partial charge is 0.497 e. The van der Waals surface area contributed by atoms with E-state index in [2.05, 4.69) is 26.3 Å². The van der Waals surface area contributed by atoms with Gasteiger partial charge in [-0.2, -0.15) is 31.6 Å². The fourth-order valence-corrected chi connectivity index (χ4v) is 9.78. The second-order valence-corrected chi connectivity index (χ2v) is 17.9. The second-order valence-electron chi connectivity index (χ2n) is 16.5. The third-order valence-electron chi connectivity index (χ3n) is 11.1. The molecular weight excluding hydrogens is 952 g/mol. The number of anilines is 1. The van der Waals surface area contributed by atoms with E-state index in [4.69, 9.17) is 37.5 Å². The van der Waals surface area contributed by atoms with E-state index in [-0.39, 0.29) is 48.7 Å². The zero-order valence-electron chi connectivity index (χ0n) is 39.3. The lowest BCUT2D eigenvalue weighted by molar-refractivity contribution is -0.299. The number of amides is 1. The molecule has 6 rings (SSSR count). The number of carbonyl (C=O) groups is 1. The van der Waals surface area contributed by atoms with Crippen molar-refractivity contribution in [3.63, 3.8) is 0 Å². The number of halogens is 6. The highest BCUT2D eigenvalue weighted by atomic mass is 31.2. The van der Waals surface area contributed by atoms with E-state index >= 15 is 0 Å². The Morgan fingerprint density at radius 2 is 1.44 bits per heavy atom. The van der Waals surface area contributed by atoms with Gasteiger partial charge in [-0.1, -0.05) is 54.6 Å². The quantitative estimate of drug-likeness (QED) is 0.0215. The molecule has 0 aliphatic carbocycles. The summed E-state index contributed by atoms with van der Waals surface area (Å²) in [5.74, 6) is -3.11. The summed E-state index contributed by atoms with van der Waals surface area (Å²) in [6.07, 6.45) is -14.3. The maximum absolute atomic E-state index is 13.7. The SMILES string of the molecule is COc1ccc(C(OC[C@H]2O[C@@H](n3cnc4c(NC(C)=O)ncnc43)C(OCOCC(C(F)(F)F)C(F)(F)F)C2OP(OCCC#N)N(C(C)C)C(C)C)(c2ccccc2)c2ccc(OC)cc2)cc1. The van der Waals surface area contributed by atoms with Crippen LogP contribution in [0.1, 0.15) is 64.0 Å². The van der Waals surface area contributed by atoms with Crippen molar-refractivity contribution < 1.29 is 68.6 Å². The summed E-state index contributed by atoms with van der Waals surface area (Å²) in [4.78, 5) is 25.2. The molecule has 3 aromatic carbocycles. The maximum atomic E-state index is 13.7. The van der Waals surface area contributed by atoms with Crippen LogP contribution in [0.4, 0.5) is 32.2 Å². The minimum Gasteiger partial charge on any atom is -0.497 e. The molecule has 16 nitrogen and oxygen atoms in total. The first-order chi connectivity index (χ1) is 33.3. The highest BCUT2D eigenvalue weighted by Gasteiger charge is 2.57. The number of nitriles is 1. The van der Waals surface area contributed by atoms with Gasteiger partial charge in [-0.15, -0.1) is 0 Å². The van der Waals surface area contributed by atoms with Crippen LogP contribution in [0.25, 0.3) is 11.2 Å². The summed E-state index contributed by atoms with van der Waals surface area (Å²) in [6.45, 7) is 5.58. The molecular formula is C47H54F6N7O9P. The van der Waals surface area contributed by atoms with E-state index in [1.807, 2.05) is 87.0 Å². The van der Waals surface area contributed by atoms with Crippen molar-refractivity contribution in [3.8, 4) is 17.6 Å². The molecule has 0 spiro atoms. The number of carbonyl (C=O) groups excluding carboxylic acids is 1. The fraction of sp³-hybridized carbons (Fsp3) is 0.468. The molecule has 1 fully saturated rings. The van der Waals surface area contributed by atoms with Crippen LogP contribution in [0.3, 0.4) is 0 Å². The van der Waals surface area contributed by atoms with E-state index in [9.17, 15) is 36.4 Å². The van der Waals surface area contributed by atoms with Crippen LogP contribution >= 0.6 is 8.53 Å². The molecule has 1 saturated heterocycles. The van der Waals surface area contributed by atoms with Gasteiger partial charge >= 0.3 is 12.4 Å². The molecule has 1 amide bonds. The number of methoxy groups -OCH3 is 2. The number of nitrogens with one attached hydrogen (secondary N) is 1. The lowest BCUT2D eigenvalue weighted by Gasteiger charge is -2.39. The first-order valence-corrected chi connectivity index (χ1v) is 23.1. The standard InChI is InChI=1S/C47H54F6N7O9P/c1-29(2)60(30(3)4)70(67-23-11-22-54)69-40-37(24-66-45(32-12-9-8-10-13-32,33-14-18-35(62-6)19-15-33)34-16-20-36(63-7)21-17-34)68-44(41(40)65-28-64-25-38(46(48,49)50)47(51,52)53)59-27-57-39-42(58-31(5)61)55-26-56-43(39)59/h8-10,12-21,26-27,29-30,37-38,40-41,44H,11,23-25,28H2,1-7H3,(H,55,56,58,61)/t37-,40?,41?,44-,70?/m1/s1. The van der Waals surface area contributed by atoms with E-state index in [1.54, 1.807) is 24.3 Å². The number of benzene rings is 3. The van der Waals surface area contributed by atoms with Gasteiger partial charge in [-0.25, -0.2) is 19.6 Å². The number of nitrogens with zero attached hydrogens (tertiary/aromatic N) is 6. The van der Waals surface area contributed by atoms with Crippen molar-refractivity contribution in [2.24, 2.45) is 5.92 Å². The van der Waals surface area contributed by atoms with Crippen molar-refractivity contribution in [2.75, 3.05) is 46.1 Å². The Hall–Kier alpha value is -5.50. The Morgan fingerprint density at radius 1 is 0.857 bits per heavy atom. The van der Waals surface area contributed by atoms with Gasteiger partial charge in [0, 0.05) is 19.0 Å². The Labute approximate surface area is 402 Å². The normalized spacial score (nSPS) is 18.2. The molecule has 70 heavy (non-hydrogen) atoms. The number of imidazole rings is 1. The lowest BCUT2D eigenvalue weighted by Crippen LogP contribution is -2.43. The Balaban J connectivity index is 1.53.